The number of primary amides is 1. The molecular weight excluding hydrogens is 280 g/mol. The third-order valence-electron chi connectivity index (χ3n) is 3.18. The Bertz CT molecular complexity index is 702. The third kappa shape index (κ3) is 3.39. The smallest absolute Gasteiger partial charge is 0.316 e. The summed E-state index contributed by atoms with van der Waals surface area (Å²) < 4.78 is 0. The van der Waals surface area contributed by atoms with Crippen molar-refractivity contribution in [1.82, 2.24) is 0 Å². The average Bonchev–Trinajstić information content (AvgIpc) is 2.47. The molecule has 7 nitrogen and oxygen atoms in total. The van der Waals surface area contributed by atoms with Gasteiger partial charge in [-0.25, -0.2) is 4.79 Å². The van der Waals surface area contributed by atoms with E-state index in [1.165, 1.54) is 0 Å². The fourth-order valence-corrected chi connectivity index (χ4v) is 2.29. The molecule has 0 spiro atoms. The van der Waals surface area contributed by atoms with E-state index < -0.39 is 6.03 Å². The van der Waals surface area contributed by atoms with E-state index in [0.717, 1.165) is 16.8 Å². The van der Waals surface area contributed by atoms with E-state index >= 15 is 0 Å². The van der Waals surface area contributed by atoms with Gasteiger partial charge in [0.15, 0.2) is 0 Å². The van der Waals surface area contributed by atoms with Gasteiger partial charge >= 0.3 is 6.03 Å². The molecule has 1 aliphatic carbocycles. The molecule has 0 aromatic heterocycles. The van der Waals surface area contributed by atoms with Crippen LogP contribution in [0, 0.1) is 5.41 Å². The van der Waals surface area contributed by atoms with Crippen LogP contribution in [0.25, 0.3) is 5.57 Å². The first kappa shape index (κ1) is 15.5. The normalized spacial score (nSPS) is 15.5. The lowest BCUT2D eigenvalue weighted by atomic mass is 9.93. The van der Waals surface area contributed by atoms with Crippen molar-refractivity contribution in [3.63, 3.8) is 0 Å². The van der Waals surface area contributed by atoms with Gasteiger partial charge in [0.05, 0.1) is 12.4 Å². The zero-order valence-electron chi connectivity index (χ0n) is 12.0. The zero-order valence-corrected chi connectivity index (χ0v) is 12.0. The van der Waals surface area contributed by atoms with Crippen LogP contribution in [-0.4, -0.2) is 24.2 Å². The Morgan fingerprint density at radius 1 is 1.32 bits per heavy atom. The first-order valence-electron chi connectivity index (χ1n) is 6.68. The molecule has 0 heterocycles. The Morgan fingerprint density at radius 3 is 2.64 bits per heavy atom. The molecule has 1 aromatic carbocycles. The highest BCUT2D eigenvalue weighted by Crippen LogP contribution is 2.28. The van der Waals surface area contributed by atoms with Crippen molar-refractivity contribution in [3.8, 4) is 0 Å². The standard InChI is InChI=1S/C15H18N6O/c16-8-20-10-6-4-9(5-7-10)11-2-1-3-12(21-15(19)22)13(11)14(17)18/h1-6H,7-8,16H2,(H3,17,18)(H3,19,21,22). The maximum absolute atomic E-state index is 11.1. The number of hydrogen-bond donors (Lipinski definition) is 5. The maximum Gasteiger partial charge on any atom is 0.316 e. The summed E-state index contributed by atoms with van der Waals surface area (Å²) >= 11 is 0. The van der Waals surface area contributed by atoms with Crippen LogP contribution in [0.3, 0.4) is 0 Å². The van der Waals surface area contributed by atoms with Gasteiger partial charge in [0.2, 0.25) is 0 Å². The van der Waals surface area contributed by atoms with Crippen LogP contribution in [0.2, 0.25) is 0 Å². The molecule has 2 rings (SSSR count). The fraction of sp³-hybridized carbons (Fsp3) is 0.133. The molecule has 22 heavy (non-hydrogen) atoms. The number of urea groups is 1. The summed E-state index contributed by atoms with van der Waals surface area (Å²) in [5.74, 6) is -0.143. The van der Waals surface area contributed by atoms with Crippen molar-refractivity contribution in [2.45, 2.75) is 6.42 Å². The Labute approximate surface area is 128 Å². The summed E-state index contributed by atoms with van der Waals surface area (Å²) in [6.07, 6.45) is 6.38. The van der Waals surface area contributed by atoms with Gasteiger partial charge in [0.25, 0.3) is 0 Å². The minimum Gasteiger partial charge on any atom is -0.384 e. The summed E-state index contributed by atoms with van der Waals surface area (Å²) in [7, 11) is 0. The molecule has 7 heteroatoms. The number of amides is 2. The predicted octanol–water partition coefficient (Wildman–Crippen LogP) is 1.16. The molecule has 0 unspecified atom stereocenters. The zero-order chi connectivity index (χ0) is 16.1. The highest BCUT2D eigenvalue weighted by Gasteiger charge is 2.15. The molecule has 0 fully saturated rings. The Hall–Kier alpha value is -2.93. The van der Waals surface area contributed by atoms with E-state index in [4.69, 9.17) is 22.6 Å². The predicted molar refractivity (Wildman–Crippen MR) is 88.9 cm³/mol. The molecule has 0 saturated heterocycles. The van der Waals surface area contributed by atoms with Gasteiger partial charge < -0.3 is 22.5 Å². The van der Waals surface area contributed by atoms with Crippen molar-refractivity contribution < 1.29 is 4.79 Å². The molecule has 8 N–H and O–H groups in total. The number of anilines is 1. The van der Waals surface area contributed by atoms with E-state index in [0.29, 0.717) is 17.7 Å². The van der Waals surface area contributed by atoms with Gasteiger partial charge in [0, 0.05) is 17.7 Å². The molecule has 0 radical (unpaired) electrons. The first-order valence-corrected chi connectivity index (χ1v) is 6.68. The number of nitrogens with zero attached hydrogens (tertiary/aromatic N) is 1. The molecule has 2 amide bonds. The van der Waals surface area contributed by atoms with Gasteiger partial charge in [-0.1, -0.05) is 24.3 Å². The van der Waals surface area contributed by atoms with Crippen molar-refractivity contribution in [1.29, 1.82) is 5.41 Å². The summed E-state index contributed by atoms with van der Waals surface area (Å²) in [4.78, 5) is 15.2. The highest BCUT2D eigenvalue weighted by molar-refractivity contribution is 6.09. The van der Waals surface area contributed by atoms with E-state index in [-0.39, 0.29) is 12.5 Å². The number of nitrogen functional groups attached to an aromatic ring is 1. The first-order chi connectivity index (χ1) is 10.5. The van der Waals surface area contributed by atoms with Crippen LogP contribution in [-0.2, 0) is 0 Å². The van der Waals surface area contributed by atoms with Crippen LogP contribution in [0.4, 0.5) is 10.5 Å². The largest absolute Gasteiger partial charge is 0.384 e. The monoisotopic (exact) mass is 298 g/mol. The van der Waals surface area contributed by atoms with Gasteiger partial charge in [-0.3, -0.25) is 10.4 Å². The van der Waals surface area contributed by atoms with Gasteiger partial charge in [0.1, 0.15) is 5.84 Å². The molecule has 0 bridgehead atoms. The van der Waals surface area contributed by atoms with Crippen molar-refractivity contribution >= 4 is 28.8 Å². The molecule has 0 aliphatic heterocycles. The number of rotatable bonds is 4. The maximum atomic E-state index is 11.1. The van der Waals surface area contributed by atoms with Gasteiger partial charge in [-0.2, -0.15) is 0 Å². The number of benzene rings is 1. The Kier molecular flexibility index (Phi) is 4.70. The number of nitrogens with two attached hydrogens (primary N) is 3. The Morgan fingerprint density at radius 2 is 2.09 bits per heavy atom. The number of carbonyl (C=O) groups excluding carboxylic acids is 1. The molecule has 1 aromatic rings. The number of allylic oxidation sites excluding steroid dienone is 4. The summed E-state index contributed by atoms with van der Waals surface area (Å²) in [5, 5.41) is 10.3. The van der Waals surface area contributed by atoms with Crippen molar-refractivity contribution in [3.05, 3.63) is 47.6 Å². The topological polar surface area (TPSA) is 143 Å². The highest BCUT2D eigenvalue weighted by atomic mass is 16.2. The van der Waals surface area contributed by atoms with E-state index in [1.54, 1.807) is 12.1 Å². The number of nitrogens with one attached hydrogen (secondary N) is 2. The van der Waals surface area contributed by atoms with Crippen LogP contribution in [0.1, 0.15) is 17.5 Å². The summed E-state index contributed by atoms with van der Waals surface area (Å²) in [6, 6.07) is 4.56. The van der Waals surface area contributed by atoms with Crippen LogP contribution in [0.15, 0.2) is 41.4 Å². The number of carbonyl (C=O) groups is 1. The third-order valence-corrected chi connectivity index (χ3v) is 3.18. The van der Waals surface area contributed by atoms with Gasteiger partial charge in [-0.15, -0.1) is 0 Å². The van der Waals surface area contributed by atoms with E-state index in [9.17, 15) is 4.79 Å². The van der Waals surface area contributed by atoms with Crippen molar-refractivity contribution in [2.75, 3.05) is 12.0 Å². The molecule has 114 valence electrons. The molecular formula is C15H18N6O. The van der Waals surface area contributed by atoms with Gasteiger partial charge in [-0.05, 0) is 23.3 Å². The second kappa shape index (κ2) is 6.68. The van der Waals surface area contributed by atoms with Crippen LogP contribution in [0.5, 0.6) is 0 Å². The van der Waals surface area contributed by atoms with Crippen LogP contribution < -0.4 is 22.5 Å². The van der Waals surface area contributed by atoms with Crippen molar-refractivity contribution in [2.24, 2.45) is 22.2 Å². The van der Waals surface area contributed by atoms with E-state index in [2.05, 4.69) is 10.3 Å². The lowest BCUT2D eigenvalue weighted by Gasteiger charge is -2.16. The second-order valence-electron chi connectivity index (χ2n) is 4.66. The van der Waals surface area contributed by atoms with E-state index in [1.807, 2.05) is 24.3 Å². The summed E-state index contributed by atoms with van der Waals surface area (Å²) in [5.41, 5.74) is 19.6. The Balaban J connectivity index is 2.44. The van der Waals surface area contributed by atoms with Crippen LogP contribution >= 0.6 is 0 Å². The summed E-state index contributed by atoms with van der Waals surface area (Å²) in [6.45, 7) is 0.250. The fourth-order valence-electron chi connectivity index (χ4n) is 2.29. The lowest BCUT2D eigenvalue weighted by Crippen LogP contribution is -2.23. The minimum atomic E-state index is -0.704. The number of hydrogen-bond acceptors (Lipinski definition) is 4. The minimum absolute atomic E-state index is 0.143. The quantitative estimate of drug-likeness (QED) is 0.420. The molecule has 0 saturated carbocycles. The molecule has 1 aliphatic rings. The SMILES string of the molecule is N=C(N)c1c(NC(N)=O)cccc1C1=CCC(=NCN)C=C1. The average molecular weight is 298 g/mol. The second-order valence-corrected chi connectivity index (χ2v) is 4.66. The molecule has 0 atom stereocenters. The lowest BCUT2D eigenvalue weighted by molar-refractivity contribution is 0.259. The number of amidine groups is 1. The number of aliphatic imine (C=N–C) groups is 1.